The third-order valence-electron chi connectivity index (χ3n) is 20.4. The first kappa shape index (κ1) is 72.0. The van der Waals surface area contributed by atoms with Gasteiger partial charge >= 0.3 is 18.1 Å². The Labute approximate surface area is 583 Å². The molecule has 7 N–H and O–H groups in total. The van der Waals surface area contributed by atoms with E-state index in [-0.39, 0.29) is 73.4 Å². The lowest BCUT2D eigenvalue weighted by atomic mass is 9.39. The number of Topliss-reactive ketones (excluding diaryl/α,β-unsaturated/α-hetero) is 2. The van der Waals surface area contributed by atoms with Crippen LogP contribution in [0.2, 0.25) is 0 Å². The summed E-state index contributed by atoms with van der Waals surface area (Å²) >= 11 is 1.41. The summed E-state index contributed by atoms with van der Waals surface area (Å²) in [5.41, 5.74) is 10.9. The van der Waals surface area contributed by atoms with Crippen molar-refractivity contribution < 1.29 is 70.7 Å². The number of hydrogen-bond acceptors (Lipinski definition) is 18. The Morgan fingerprint density at radius 1 is 0.840 bits per heavy atom. The summed E-state index contributed by atoms with van der Waals surface area (Å²) in [6.07, 6.45) is 8.22. The maximum Gasteiger partial charge on any atom is 0.409 e. The van der Waals surface area contributed by atoms with E-state index in [1.54, 1.807) is 57.4 Å². The van der Waals surface area contributed by atoms with Gasteiger partial charge in [0, 0.05) is 99.6 Å². The summed E-state index contributed by atoms with van der Waals surface area (Å²) in [4.78, 5) is 131. The molecule has 4 fully saturated rings. The second kappa shape index (κ2) is 29.1. The summed E-state index contributed by atoms with van der Waals surface area (Å²) in [5.74, 6) is -6.25. The standard InChI is InChI=1S/C72H85N11O15S2/c1-43(2)50(32-56(85)58(100(94,95)96)25-28-82-60(86)22-23-61(82)87)64(89)76-53(14-10-26-74-66(73)92)55(84)31-45-16-18-46(19-17-45)35-97-68(93)80(6)29-30-98-72-39-69(4)36-70(5,40-72)38-71(37-69,41-72)42-83-44(3)51(33-75-83)48-20-21-59(78-62(48)65(90)91)81-27-24-47-11-9-12-49(52(47)34-81)63(88)79-67-77-54-13-7-8-15-57(54)99-67/h7-9,11-13,15-23,33,43,50,53,58H,10,14,24-32,34-42H2,1-6H3,(H,76,89)(H,90,91)(H3,73,74,92)(H,77,79,88)(H,94,95,96)/t50-,53-,58-,69?,70?,71?,72?/m0/s1. The number of nitrogens with one attached hydrogen (secondary N) is 3. The molecule has 3 aromatic carbocycles. The first-order valence-electron chi connectivity index (χ1n) is 33.7. The Balaban J connectivity index is 0.679. The van der Waals surface area contributed by atoms with Gasteiger partial charge in [0.25, 0.3) is 27.8 Å². The van der Waals surface area contributed by atoms with Gasteiger partial charge < -0.3 is 40.7 Å². The minimum absolute atomic E-state index is 0.0123. The van der Waals surface area contributed by atoms with E-state index in [1.807, 2.05) is 65.0 Å². The minimum Gasteiger partial charge on any atom is -0.476 e. The molecule has 0 radical (unpaired) electrons. The first-order chi connectivity index (χ1) is 47.4. The lowest BCUT2D eigenvalue weighted by Crippen LogP contribution is -2.64. The minimum atomic E-state index is -5.04. The molecular formula is C72H85N11O15S2. The van der Waals surface area contributed by atoms with Gasteiger partial charge in [-0.2, -0.15) is 13.5 Å². The average molecular weight is 1410 g/mol. The van der Waals surface area contributed by atoms with Gasteiger partial charge in [-0.15, -0.1) is 0 Å². The van der Waals surface area contributed by atoms with Crippen LogP contribution in [0, 0.1) is 35.0 Å². The second-order valence-electron chi connectivity index (χ2n) is 28.8. The van der Waals surface area contributed by atoms with E-state index in [0.717, 1.165) is 82.6 Å². The number of aromatic carboxylic acids is 1. The zero-order valence-corrected chi connectivity index (χ0v) is 58.5. The largest absolute Gasteiger partial charge is 0.476 e. The number of carbonyl (C=O) groups excluding carboxylic acids is 8. The summed E-state index contributed by atoms with van der Waals surface area (Å²) in [6.45, 7) is 11.5. The Morgan fingerprint density at radius 2 is 1.55 bits per heavy atom. The highest BCUT2D eigenvalue weighted by Crippen LogP contribution is 2.72. The van der Waals surface area contributed by atoms with Crippen LogP contribution in [0.3, 0.4) is 0 Å². The fourth-order valence-corrected chi connectivity index (χ4v) is 18.4. The lowest BCUT2D eigenvalue weighted by molar-refractivity contribution is -0.248. The molecule has 2 unspecified atom stereocenters. The zero-order chi connectivity index (χ0) is 71.6. The van der Waals surface area contributed by atoms with Crippen molar-refractivity contribution in [1.29, 1.82) is 0 Å². The van der Waals surface area contributed by atoms with Gasteiger partial charge in [0.2, 0.25) is 5.91 Å². The van der Waals surface area contributed by atoms with E-state index in [4.69, 9.17) is 25.3 Å². The zero-order valence-electron chi connectivity index (χ0n) is 56.9. The van der Waals surface area contributed by atoms with E-state index < -0.39 is 106 Å². The van der Waals surface area contributed by atoms with Crippen LogP contribution in [0.1, 0.15) is 141 Å². The van der Waals surface area contributed by atoms with Crippen LogP contribution in [0.15, 0.2) is 97.2 Å². The van der Waals surface area contributed by atoms with E-state index in [2.05, 4.69) is 34.8 Å². The predicted molar refractivity (Wildman–Crippen MR) is 371 cm³/mol. The normalized spacial score (nSPS) is 21.6. The summed E-state index contributed by atoms with van der Waals surface area (Å²) in [5, 5.41) is 22.3. The van der Waals surface area contributed by atoms with Crippen molar-refractivity contribution in [3.8, 4) is 11.1 Å². The number of thiazole rings is 1. The van der Waals surface area contributed by atoms with Crippen LogP contribution in [0.4, 0.5) is 20.5 Å². The Kier molecular flexibility index (Phi) is 21.0. The van der Waals surface area contributed by atoms with Gasteiger partial charge in [0.15, 0.2) is 22.4 Å². The summed E-state index contributed by atoms with van der Waals surface area (Å²) in [7, 11) is -3.39. The Bertz CT molecular complexity index is 4290. The number of carboxylic acids is 1. The summed E-state index contributed by atoms with van der Waals surface area (Å²) < 4.78 is 50.6. The van der Waals surface area contributed by atoms with Gasteiger partial charge in [-0.1, -0.05) is 87.6 Å². The Hall–Kier alpha value is -9.25. The number of pyridine rings is 1. The molecule has 5 atom stereocenters. The van der Waals surface area contributed by atoms with Gasteiger partial charge in [-0.25, -0.2) is 24.4 Å². The topological polar surface area (TPSA) is 362 Å². The molecule has 5 heterocycles. The molecule has 26 nitrogen and oxygen atoms in total. The maximum absolute atomic E-state index is 14.0. The van der Waals surface area contributed by atoms with E-state index in [9.17, 15) is 61.2 Å². The molecule has 7 amide bonds. The molecule has 0 saturated heterocycles. The number of primary amides is 1. The molecule has 28 heteroatoms. The average Bonchev–Trinajstić information content (AvgIpc) is 0.753. The first-order valence-corrected chi connectivity index (χ1v) is 36.0. The summed E-state index contributed by atoms with van der Waals surface area (Å²) in [6, 6.07) is 22.0. The van der Waals surface area contributed by atoms with E-state index >= 15 is 0 Å². The molecule has 0 spiro atoms. The number of imide groups is 1. The number of ketones is 2. The molecular weight excluding hydrogens is 1320 g/mol. The van der Waals surface area contributed by atoms with Crippen molar-refractivity contribution >= 4 is 95.9 Å². The lowest BCUT2D eigenvalue weighted by Gasteiger charge is -2.69. The van der Waals surface area contributed by atoms with Crippen LogP contribution < -0.4 is 26.6 Å². The van der Waals surface area contributed by atoms with Crippen LogP contribution in [-0.4, -0.2) is 158 Å². The maximum atomic E-state index is 14.0. The third kappa shape index (κ3) is 16.3. The van der Waals surface area contributed by atoms with Crippen molar-refractivity contribution in [1.82, 2.24) is 40.2 Å². The van der Waals surface area contributed by atoms with Crippen molar-refractivity contribution in [3.63, 3.8) is 0 Å². The SMILES string of the molecule is Cc1c(-c2ccc(N3CCc4cccc(C(=O)Nc5nc6ccccc6s5)c4C3)nc2C(=O)O)cnn1CC12CC3(C)CC(C)(C1)CC(OCCN(C)C(=O)OCc1ccc(CC(=O)[C@H](CCCNC(N)=O)NC(=O)[C@@H](CC(=O)[C@H](CCN4C(=O)C=CC4=O)S(=O)(=O)O)C(C)C)cc1)(C3)C2. The number of carboxylic acid groups (broad SMARTS) is 1. The number of aromatic nitrogens is 4. The van der Waals surface area contributed by atoms with E-state index in [0.29, 0.717) is 64.8 Å². The van der Waals surface area contributed by atoms with Crippen molar-refractivity contribution in [2.75, 3.05) is 50.1 Å². The highest BCUT2D eigenvalue weighted by atomic mass is 32.2. The number of hydrogen-bond donors (Lipinski definition) is 6. The number of amides is 7. The monoisotopic (exact) mass is 1410 g/mol. The molecule has 12 rings (SSSR count). The smallest absolute Gasteiger partial charge is 0.409 e. The predicted octanol–water partition coefficient (Wildman–Crippen LogP) is 8.63. The van der Waals surface area contributed by atoms with Crippen molar-refractivity contribution in [3.05, 3.63) is 136 Å². The molecule has 4 aliphatic carbocycles. The number of para-hydroxylation sites is 1. The Morgan fingerprint density at radius 3 is 2.23 bits per heavy atom. The number of carbonyl (C=O) groups is 9. The molecule has 100 heavy (non-hydrogen) atoms. The van der Waals surface area contributed by atoms with Crippen LogP contribution >= 0.6 is 11.3 Å². The number of urea groups is 1. The number of ether oxygens (including phenoxy) is 2. The highest BCUT2D eigenvalue weighted by molar-refractivity contribution is 7.87. The molecule has 4 saturated carbocycles. The number of nitrogens with zero attached hydrogens (tertiary/aromatic N) is 7. The quantitative estimate of drug-likeness (QED) is 0.0139. The van der Waals surface area contributed by atoms with Gasteiger partial charge in [0.05, 0.1) is 34.7 Å². The van der Waals surface area contributed by atoms with Crippen molar-refractivity contribution in [2.45, 2.75) is 148 Å². The van der Waals surface area contributed by atoms with Gasteiger partial charge in [-0.05, 0) is 146 Å². The number of fused-ring (bicyclic) bond motifs is 2. The van der Waals surface area contributed by atoms with Crippen LogP contribution in [0.25, 0.3) is 21.3 Å². The molecule has 4 bridgehead atoms. The van der Waals surface area contributed by atoms with Gasteiger partial charge in [0.1, 0.15) is 17.7 Å². The fraction of sp³-hybridized carbons (Fsp3) is 0.472. The highest BCUT2D eigenvalue weighted by Gasteiger charge is 2.66. The molecule has 3 aromatic heterocycles. The van der Waals surface area contributed by atoms with Crippen LogP contribution in [-0.2, 0) is 76.1 Å². The molecule has 6 aliphatic rings. The van der Waals surface area contributed by atoms with Crippen molar-refractivity contribution in [2.24, 2.45) is 33.8 Å². The van der Waals surface area contributed by atoms with Crippen LogP contribution in [0.5, 0.6) is 0 Å². The number of likely N-dealkylation sites (N-methyl/N-ethyl adjacent to an activating group) is 1. The number of nitrogens with two attached hydrogens (primary N) is 1. The van der Waals surface area contributed by atoms with E-state index in [1.165, 1.54) is 16.2 Å². The second-order valence-corrected chi connectivity index (χ2v) is 31.5. The number of rotatable bonds is 30. The third-order valence-corrected chi connectivity index (χ3v) is 22.5. The fourth-order valence-electron chi connectivity index (χ4n) is 16.7. The van der Waals surface area contributed by atoms with Gasteiger partial charge in [-0.3, -0.25) is 48.2 Å². The molecule has 6 aromatic rings. The number of benzene rings is 3. The number of anilines is 2. The molecule has 2 aliphatic heterocycles. The molecule has 530 valence electrons.